The Morgan fingerprint density at radius 2 is 1.70 bits per heavy atom. The first-order chi connectivity index (χ1) is 19.6. The van der Waals surface area contributed by atoms with Crippen molar-refractivity contribution in [3.63, 3.8) is 0 Å². The molecule has 0 unspecified atom stereocenters. The third-order valence-electron chi connectivity index (χ3n) is 7.28. The molecule has 0 saturated heterocycles. The molecule has 0 amide bonds. The number of methoxy groups -OCH3 is 2. The second-order valence-corrected chi connectivity index (χ2v) is 9.71. The summed E-state index contributed by atoms with van der Waals surface area (Å²) >= 11 is 0. The van der Waals surface area contributed by atoms with Crippen LogP contribution in [0.25, 0.3) is 16.4 Å². The van der Waals surface area contributed by atoms with Crippen molar-refractivity contribution >= 4 is 16.4 Å². The van der Waals surface area contributed by atoms with Crippen molar-refractivity contribution in [3.8, 4) is 28.9 Å². The van der Waals surface area contributed by atoms with Gasteiger partial charge in [0.05, 0.1) is 19.8 Å². The Morgan fingerprint density at radius 1 is 0.875 bits per heavy atom. The monoisotopic (exact) mass is 530 g/mol. The van der Waals surface area contributed by atoms with Gasteiger partial charge in [-0.25, -0.2) is 14.5 Å². The Bertz CT molecular complexity index is 1880. The lowest BCUT2D eigenvalue weighted by molar-refractivity contribution is 0.296. The maximum atomic E-state index is 6.42. The zero-order valence-corrected chi connectivity index (χ0v) is 22.3. The van der Waals surface area contributed by atoms with Gasteiger partial charge in [-0.1, -0.05) is 54.1 Å². The molecule has 0 saturated carbocycles. The highest BCUT2D eigenvalue weighted by Gasteiger charge is 2.35. The van der Waals surface area contributed by atoms with E-state index < -0.39 is 0 Å². The molecule has 1 aliphatic heterocycles. The van der Waals surface area contributed by atoms with Crippen molar-refractivity contribution in [2.24, 2.45) is 0 Å². The van der Waals surface area contributed by atoms with Gasteiger partial charge < -0.3 is 18.9 Å². The first-order valence-electron chi connectivity index (χ1n) is 13.0. The summed E-state index contributed by atoms with van der Waals surface area (Å²) in [4.78, 5) is 9.58. The van der Waals surface area contributed by atoms with Crippen molar-refractivity contribution in [3.05, 3.63) is 113 Å². The molecule has 3 heterocycles. The number of aryl methyl sites for hydroxylation is 1. The predicted octanol–water partition coefficient (Wildman–Crippen LogP) is 6.47. The lowest BCUT2D eigenvalue weighted by Crippen LogP contribution is -2.15. The van der Waals surface area contributed by atoms with E-state index in [1.807, 2.05) is 67.6 Å². The lowest BCUT2D eigenvalue weighted by Gasteiger charge is -2.29. The van der Waals surface area contributed by atoms with Gasteiger partial charge in [-0.05, 0) is 53.6 Å². The summed E-state index contributed by atoms with van der Waals surface area (Å²) in [5, 5.41) is 6.89. The highest BCUT2D eigenvalue weighted by Crippen LogP contribution is 2.51. The highest BCUT2D eigenvalue weighted by atomic mass is 16.5. The predicted molar refractivity (Wildman–Crippen MR) is 151 cm³/mol. The van der Waals surface area contributed by atoms with Crippen molar-refractivity contribution in [2.75, 3.05) is 14.2 Å². The summed E-state index contributed by atoms with van der Waals surface area (Å²) in [6.45, 7) is 2.27. The number of ether oxygens (including phenoxy) is 4. The van der Waals surface area contributed by atoms with Gasteiger partial charge in [0.2, 0.25) is 5.88 Å². The van der Waals surface area contributed by atoms with Gasteiger partial charge in [0.15, 0.2) is 23.0 Å². The average Bonchev–Trinajstić information content (AvgIpc) is 3.42. The molecule has 1 atom stereocenters. The van der Waals surface area contributed by atoms with E-state index in [0.29, 0.717) is 28.9 Å². The Balaban J connectivity index is 1.41. The van der Waals surface area contributed by atoms with Crippen LogP contribution in [0.2, 0.25) is 0 Å². The quantitative estimate of drug-likeness (QED) is 0.244. The van der Waals surface area contributed by atoms with E-state index >= 15 is 0 Å². The minimum atomic E-state index is -0.254. The molecule has 0 fully saturated rings. The van der Waals surface area contributed by atoms with Gasteiger partial charge in [-0.15, -0.1) is 5.10 Å². The van der Waals surface area contributed by atoms with Gasteiger partial charge in [0.1, 0.15) is 24.4 Å². The zero-order chi connectivity index (χ0) is 27.2. The molecule has 4 aromatic carbocycles. The molecule has 7 rings (SSSR count). The molecule has 8 nitrogen and oxygen atoms in total. The van der Waals surface area contributed by atoms with Crippen molar-refractivity contribution < 1.29 is 18.9 Å². The number of hydrogen-bond donors (Lipinski definition) is 0. The summed E-state index contributed by atoms with van der Waals surface area (Å²) in [6.07, 6.45) is 1.63. The largest absolute Gasteiger partial charge is 0.493 e. The molecule has 0 aliphatic carbocycles. The number of benzene rings is 4. The van der Waals surface area contributed by atoms with Gasteiger partial charge in [0, 0.05) is 11.5 Å². The second-order valence-electron chi connectivity index (χ2n) is 9.71. The SMILES string of the molecule is COc1ccc([C@@H]2c3c(ccc4ccccc34)Oc3ncn4nc(COc5ccc(C)cc5)nc4c32)cc1OC. The first kappa shape index (κ1) is 24.0. The molecular weight excluding hydrogens is 504 g/mol. The molecule has 0 radical (unpaired) electrons. The van der Waals surface area contributed by atoms with E-state index in [0.717, 1.165) is 39.0 Å². The zero-order valence-electron chi connectivity index (χ0n) is 22.3. The van der Waals surface area contributed by atoms with Crippen molar-refractivity contribution in [2.45, 2.75) is 19.4 Å². The average molecular weight is 531 g/mol. The van der Waals surface area contributed by atoms with Gasteiger partial charge in [-0.2, -0.15) is 0 Å². The Labute approximate surface area is 230 Å². The van der Waals surface area contributed by atoms with E-state index in [-0.39, 0.29) is 12.5 Å². The van der Waals surface area contributed by atoms with E-state index in [2.05, 4.69) is 28.3 Å². The smallest absolute Gasteiger partial charge is 0.228 e. The number of aromatic nitrogens is 4. The summed E-state index contributed by atoms with van der Waals surface area (Å²) in [5.41, 5.74) is 4.69. The Hall–Kier alpha value is -5.11. The number of nitrogens with zero attached hydrogens (tertiary/aromatic N) is 4. The van der Waals surface area contributed by atoms with Crippen LogP contribution in [0.15, 0.2) is 85.2 Å². The molecule has 1 aliphatic rings. The molecule has 40 heavy (non-hydrogen) atoms. The van der Waals surface area contributed by atoms with Crippen LogP contribution in [-0.2, 0) is 6.61 Å². The first-order valence-corrected chi connectivity index (χ1v) is 13.0. The lowest BCUT2D eigenvalue weighted by atomic mass is 9.81. The maximum absolute atomic E-state index is 6.42. The van der Waals surface area contributed by atoms with Crippen molar-refractivity contribution in [1.29, 1.82) is 0 Å². The molecule has 198 valence electrons. The van der Waals surface area contributed by atoms with Crippen LogP contribution in [0, 0.1) is 6.92 Å². The highest BCUT2D eigenvalue weighted by molar-refractivity contribution is 5.91. The van der Waals surface area contributed by atoms with Gasteiger partial charge in [-0.3, -0.25) is 0 Å². The maximum Gasteiger partial charge on any atom is 0.228 e. The standard InChI is InChI=1S/C32H26N4O4/c1-19-8-12-22(13-9-19)39-17-27-34-31-30-28(21-11-14-24(37-2)26(16-21)38-3)29-23-7-5-4-6-20(23)10-15-25(29)40-32(30)33-18-36(31)35-27/h4-16,18,28H,17H2,1-3H3/t28-/m1/s1. The fourth-order valence-electron chi connectivity index (χ4n) is 5.36. The molecule has 0 spiro atoms. The molecule has 0 N–H and O–H groups in total. The molecule has 8 heteroatoms. The third-order valence-corrected chi connectivity index (χ3v) is 7.28. The van der Waals surface area contributed by atoms with Crippen LogP contribution in [0.4, 0.5) is 0 Å². The number of hydrogen-bond acceptors (Lipinski definition) is 7. The van der Waals surface area contributed by atoms with Crippen molar-refractivity contribution in [1.82, 2.24) is 19.6 Å². The van der Waals surface area contributed by atoms with Crippen LogP contribution < -0.4 is 18.9 Å². The Morgan fingerprint density at radius 3 is 2.52 bits per heavy atom. The van der Waals surface area contributed by atoms with Crippen LogP contribution >= 0.6 is 0 Å². The van der Waals surface area contributed by atoms with E-state index in [9.17, 15) is 0 Å². The topological polar surface area (TPSA) is 80.0 Å². The van der Waals surface area contributed by atoms with Gasteiger partial charge >= 0.3 is 0 Å². The molecule has 6 aromatic rings. The second kappa shape index (κ2) is 9.57. The van der Waals surface area contributed by atoms with E-state index in [4.69, 9.17) is 23.9 Å². The van der Waals surface area contributed by atoms with Crippen LogP contribution in [-0.4, -0.2) is 33.8 Å². The van der Waals surface area contributed by atoms with E-state index in [1.165, 1.54) is 5.56 Å². The number of rotatable bonds is 6. The minimum Gasteiger partial charge on any atom is -0.493 e. The molecular formula is C32H26N4O4. The van der Waals surface area contributed by atoms with Gasteiger partial charge in [0.25, 0.3) is 0 Å². The summed E-state index contributed by atoms with van der Waals surface area (Å²) in [7, 11) is 3.27. The van der Waals surface area contributed by atoms with Crippen LogP contribution in [0.5, 0.6) is 28.9 Å². The summed E-state index contributed by atoms with van der Waals surface area (Å²) < 4.78 is 25.3. The Kier molecular flexibility index (Phi) is 5.73. The van der Waals surface area contributed by atoms with Crippen LogP contribution in [0.1, 0.15) is 34.0 Å². The fraction of sp³-hybridized carbons (Fsp3) is 0.156. The fourth-order valence-corrected chi connectivity index (χ4v) is 5.36. The summed E-state index contributed by atoms with van der Waals surface area (Å²) in [6, 6.07) is 26.3. The summed E-state index contributed by atoms with van der Waals surface area (Å²) in [5.74, 6) is 3.60. The third kappa shape index (κ3) is 3.96. The number of fused-ring (bicyclic) bond motifs is 6. The van der Waals surface area contributed by atoms with Crippen LogP contribution in [0.3, 0.4) is 0 Å². The minimum absolute atomic E-state index is 0.223. The molecule has 0 bridgehead atoms. The molecule has 2 aromatic heterocycles. The van der Waals surface area contributed by atoms with E-state index in [1.54, 1.807) is 25.1 Å². The normalized spacial score (nSPS) is 13.9.